The number of carbonyl (C=O) groups excluding carboxylic acids is 2. The van der Waals surface area contributed by atoms with Crippen LogP contribution in [-0.4, -0.2) is 23.6 Å². The van der Waals surface area contributed by atoms with Crippen molar-refractivity contribution >= 4 is 28.7 Å². The van der Waals surface area contributed by atoms with Crippen LogP contribution in [0, 0.1) is 0 Å². The summed E-state index contributed by atoms with van der Waals surface area (Å²) in [5.74, 6) is -1.55. The molecule has 0 saturated heterocycles. The zero-order valence-electron chi connectivity index (χ0n) is 14.4. The summed E-state index contributed by atoms with van der Waals surface area (Å²) >= 11 is 0. The van der Waals surface area contributed by atoms with Crippen molar-refractivity contribution in [1.29, 1.82) is 0 Å². The van der Waals surface area contributed by atoms with Crippen molar-refractivity contribution in [3.8, 4) is 0 Å². The van der Waals surface area contributed by atoms with Crippen molar-refractivity contribution < 1.29 is 18.7 Å². The fraction of sp³-hybridized carbons (Fsp3) is 0.211. The molecule has 0 aliphatic carbocycles. The van der Waals surface area contributed by atoms with Crippen molar-refractivity contribution in [2.45, 2.75) is 19.9 Å². The van der Waals surface area contributed by atoms with Gasteiger partial charge in [-0.05, 0) is 42.3 Å². The number of aromatic nitrogens is 1. The van der Waals surface area contributed by atoms with E-state index in [1.807, 2.05) is 24.3 Å². The van der Waals surface area contributed by atoms with Crippen LogP contribution in [0.2, 0.25) is 0 Å². The van der Waals surface area contributed by atoms with Gasteiger partial charge in [-0.25, -0.2) is 9.59 Å². The third-order valence-corrected chi connectivity index (χ3v) is 4.04. The van der Waals surface area contributed by atoms with Gasteiger partial charge in [0.25, 0.3) is 0 Å². The molecule has 7 nitrogen and oxygen atoms in total. The number of methoxy groups -OCH3 is 1. The average molecular weight is 354 g/mol. The van der Waals surface area contributed by atoms with Gasteiger partial charge in [0.15, 0.2) is 5.58 Å². The number of nitrogens with one attached hydrogen (secondary N) is 1. The van der Waals surface area contributed by atoms with Crippen molar-refractivity contribution in [1.82, 2.24) is 4.57 Å². The molecule has 0 radical (unpaired) electrons. The number of ether oxygens (including phenoxy) is 1. The summed E-state index contributed by atoms with van der Waals surface area (Å²) in [6, 6.07) is 12.0. The van der Waals surface area contributed by atoms with Crippen molar-refractivity contribution in [2.24, 2.45) is 0 Å². The van der Waals surface area contributed by atoms with E-state index in [1.54, 1.807) is 6.07 Å². The van der Waals surface area contributed by atoms with Gasteiger partial charge < -0.3 is 14.5 Å². The standard InChI is InChI=1S/C19H18N2O5/c1-3-12-4-7-14(8-5-12)20-17(22)11-21-15-9-6-13(18(23)25-2)10-16(15)26-19(21)24/h4-10H,3,11H2,1-2H3,(H,20,22). The number of carbonyl (C=O) groups is 2. The fourth-order valence-electron chi connectivity index (χ4n) is 2.63. The van der Waals surface area contributed by atoms with Crippen LogP contribution in [0.15, 0.2) is 51.7 Å². The summed E-state index contributed by atoms with van der Waals surface area (Å²) in [6.07, 6.45) is 0.915. The number of nitrogens with zero attached hydrogens (tertiary/aromatic N) is 1. The Kier molecular flexibility index (Phi) is 4.88. The number of benzene rings is 2. The van der Waals surface area contributed by atoms with Gasteiger partial charge in [-0.15, -0.1) is 0 Å². The molecule has 7 heteroatoms. The number of aryl methyl sites for hydroxylation is 1. The molecule has 26 heavy (non-hydrogen) atoms. The van der Waals surface area contributed by atoms with Crippen LogP contribution in [0.25, 0.3) is 11.1 Å². The Morgan fingerprint density at radius 3 is 2.54 bits per heavy atom. The first kappa shape index (κ1) is 17.5. The Hall–Kier alpha value is -3.35. The predicted octanol–water partition coefficient (Wildman–Crippen LogP) is 2.58. The van der Waals surface area contributed by atoms with E-state index in [9.17, 15) is 14.4 Å². The number of anilines is 1. The van der Waals surface area contributed by atoms with Crippen LogP contribution in [0.3, 0.4) is 0 Å². The minimum atomic E-state index is -0.668. The van der Waals surface area contributed by atoms with Crippen molar-refractivity contribution in [3.05, 3.63) is 64.1 Å². The Morgan fingerprint density at radius 1 is 1.15 bits per heavy atom. The first-order valence-corrected chi connectivity index (χ1v) is 8.12. The number of esters is 1. The van der Waals surface area contributed by atoms with Crippen LogP contribution in [0.1, 0.15) is 22.8 Å². The van der Waals surface area contributed by atoms with Crippen molar-refractivity contribution in [3.63, 3.8) is 0 Å². The normalized spacial score (nSPS) is 10.7. The van der Waals surface area contributed by atoms with Gasteiger partial charge in [0.05, 0.1) is 18.2 Å². The van der Waals surface area contributed by atoms with E-state index in [2.05, 4.69) is 17.0 Å². The van der Waals surface area contributed by atoms with E-state index >= 15 is 0 Å². The molecular weight excluding hydrogens is 336 g/mol. The van der Waals surface area contributed by atoms with Gasteiger partial charge in [-0.1, -0.05) is 19.1 Å². The summed E-state index contributed by atoms with van der Waals surface area (Å²) < 4.78 is 11.0. The van der Waals surface area contributed by atoms with E-state index in [0.29, 0.717) is 11.2 Å². The minimum Gasteiger partial charge on any atom is -0.465 e. The molecule has 134 valence electrons. The zero-order valence-corrected chi connectivity index (χ0v) is 14.4. The molecular formula is C19H18N2O5. The van der Waals surface area contributed by atoms with Gasteiger partial charge in [-0.2, -0.15) is 0 Å². The molecule has 1 amide bonds. The van der Waals surface area contributed by atoms with Gasteiger partial charge in [0, 0.05) is 5.69 Å². The Balaban J connectivity index is 1.81. The van der Waals surface area contributed by atoms with E-state index < -0.39 is 11.7 Å². The predicted molar refractivity (Wildman–Crippen MR) is 96.3 cm³/mol. The lowest BCUT2D eigenvalue weighted by Crippen LogP contribution is -2.24. The quantitative estimate of drug-likeness (QED) is 0.711. The van der Waals surface area contributed by atoms with Gasteiger partial charge >= 0.3 is 11.7 Å². The van der Waals surface area contributed by atoms with Gasteiger partial charge in [0.1, 0.15) is 6.54 Å². The second-order valence-electron chi connectivity index (χ2n) is 5.73. The lowest BCUT2D eigenvalue weighted by Gasteiger charge is -2.06. The first-order valence-electron chi connectivity index (χ1n) is 8.12. The average Bonchev–Trinajstić information content (AvgIpc) is 2.96. The number of hydrogen-bond acceptors (Lipinski definition) is 5. The molecule has 0 fully saturated rings. The Labute approximate surface area is 149 Å². The molecule has 0 saturated carbocycles. The molecule has 0 spiro atoms. The van der Waals surface area contributed by atoms with E-state index in [1.165, 1.54) is 29.4 Å². The molecule has 0 aliphatic rings. The molecule has 3 aromatic rings. The second-order valence-corrected chi connectivity index (χ2v) is 5.73. The van der Waals surface area contributed by atoms with Crippen LogP contribution < -0.4 is 11.1 Å². The number of rotatable bonds is 5. The highest BCUT2D eigenvalue weighted by molar-refractivity contribution is 5.94. The summed E-state index contributed by atoms with van der Waals surface area (Å²) in [5.41, 5.74) is 2.74. The number of oxazole rings is 1. The molecule has 1 heterocycles. The zero-order chi connectivity index (χ0) is 18.7. The Morgan fingerprint density at radius 2 is 1.88 bits per heavy atom. The molecule has 1 aromatic heterocycles. The SMILES string of the molecule is CCc1ccc(NC(=O)Cn2c(=O)oc3cc(C(=O)OC)ccc32)cc1. The molecule has 3 rings (SSSR count). The maximum atomic E-state index is 12.3. The molecule has 0 bridgehead atoms. The van der Waals surface area contributed by atoms with Crippen LogP contribution >= 0.6 is 0 Å². The van der Waals surface area contributed by atoms with Crippen LogP contribution in [-0.2, 0) is 22.5 Å². The molecule has 0 atom stereocenters. The van der Waals surface area contributed by atoms with Gasteiger partial charge in [-0.3, -0.25) is 9.36 Å². The largest absolute Gasteiger partial charge is 0.465 e. The fourth-order valence-corrected chi connectivity index (χ4v) is 2.63. The summed E-state index contributed by atoms with van der Waals surface area (Å²) in [7, 11) is 1.27. The highest BCUT2D eigenvalue weighted by Gasteiger charge is 2.15. The molecule has 2 aromatic carbocycles. The van der Waals surface area contributed by atoms with E-state index in [4.69, 9.17) is 4.42 Å². The maximum Gasteiger partial charge on any atom is 0.420 e. The highest BCUT2D eigenvalue weighted by atomic mass is 16.5. The summed E-state index contributed by atoms with van der Waals surface area (Å²) in [5, 5.41) is 2.75. The van der Waals surface area contributed by atoms with E-state index in [-0.39, 0.29) is 23.6 Å². The monoisotopic (exact) mass is 354 g/mol. The third kappa shape index (κ3) is 3.51. The second kappa shape index (κ2) is 7.26. The molecule has 0 unspecified atom stereocenters. The van der Waals surface area contributed by atoms with Gasteiger partial charge in [0.2, 0.25) is 5.91 Å². The maximum absolute atomic E-state index is 12.3. The lowest BCUT2D eigenvalue weighted by molar-refractivity contribution is -0.116. The van der Waals surface area contributed by atoms with Crippen molar-refractivity contribution in [2.75, 3.05) is 12.4 Å². The highest BCUT2D eigenvalue weighted by Crippen LogP contribution is 2.16. The summed E-state index contributed by atoms with van der Waals surface area (Å²) in [6.45, 7) is 1.86. The first-order chi connectivity index (χ1) is 12.5. The molecule has 1 N–H and O–H groups in total. The number of hydrogen-bond donors (Lipinski definition) is 1. The van der Waals surface area contributed by atoms with Crippen LogP contribution in [0.4, 0.5) is 5.69 Å². The summed E-state index contributed by atoms with van der Waals surface area (Å²) in [4.78, 5) is 35.9. The van der Waals surface area contributed by atoms with E-state index in [0.717, 1.165) is 6.42 Å². The topological polar surface area (TPSA) is 90.5 Å². The lowest BCUT2D eigenvalue weighted by atomic mass is 10.1. The minimum absolute atomic E-state index is 0.196. The van der Waals surface area contributed by atoms with Crippen LogP contribution in [0.5, 0.6) is 0 Å². The Bertz CT molecular complexity index is 1010. The smallest absolute Gasteiger partial charge is 0.420 e. The molecule has 0 aliphatic heterocycles. The number of fused-ring (bicyclic) bond motifs is 1. The third-order valence-electron chi connectivity index (χ3n) is 4.04. The number of amides is 1.